The van der Waals surface area contributed by atoms with Crippen molar-refractivity contribution in [2.75, 3.05) is 0 Å². The highest BCUT2D eigenvalue weighted by Gasteiger charge is 2.14. The number of rotatable bonds is 6. The lowest BCUT2D eigenvalue weighted by Gasteiger charge is -2.10. The molecular formula is C11H12O4. The SMILES string of the molecule is C=C(CC(=O)O)C(=C)C(=C)C(=C)C(=O)O. The fraction of sp³-hybridized carbons (Fsp3) is 0.0909. The van der Waals surface area contributed by atoms with E-state index in [4.69, 9.17) is 10.2 Å². The molecule has 0 rings (SSSR count). The maximum Gasteiger partial charge on any atom is 0.335 e. The molecular weight excluding hydrogens is 196 g/mol. The Morgan fingerprint density at radius 1 is 0.867 bits per heavy atom. The third-order valence-corrected chi connectivity index (χ3v) is 1.78. The first-order chi connectivity index (χ1) is 6.77. The lowest BCUT2D eigenvalue weighted by atomic mass is 9.95. The first-order valence-electron chi connectivity index (χ1n) is 3.98. The van der Waals surface area contributed by atoms with Crippen LogP contribution in [0.3, 0.4) is 0 Å². The largest absolute Gasteiger partial charge is 0.481 e. The van der Waals surface area contributed by atoms with Gasteiger partial charge in [-0.05, 0) is 16.7 Å². The summed E-state index contributed by atoms with van der Waals surface area (Å²) in [6.07, 6.45) is -0.301. The summed E-state index contributed by atoms with van der Waals surface area (Å²) in [4.78, 5) is 20.9. The normalized spacial score (nSPS) is 9.07. The third-order valence-electron chi connectivity index (χ3n) is 1.78. The van der Waals surface area contributed by atoms with E-state index in [1.54, 1.807) is 0 Å². The second kappa shape index (κ2) is 4.95. The van der Waals surface area contributed by atoms with Crippen molar-refractivity contribution in [3.63, 3.8) is 0 Å². The summed E-state index contributed by atoms with van der Waals surface area (Å²) in [5, 5.41) is 17.1. The summed E-state index contributed by atoms with van der Waals surface area (Å²) in [6, 6.07) is 0. The maximum absolute atomic E-state index is 10.5. The van der Waals surface area contributed by atoms with Gasteiger partial charge in [-0.2, -0.15) is 0 Å². The van der Waals surface area contributed by atoms with Crippen molar-refractivity contribution in [1.82, 2.24) is 0 Å². The second-order valence-electron chi connectivity index (χ2n) is 2.91. The fourth-order valence-electron chi connectivity index (χ4n) is 0.814. The standard InChI is InChI=1S/C11H12O4/c1-6(5-10(12)13)7(2)8(3)9(4)11(14)15/h1-5H2,(H,12,13)(H,14,15). The maximum atomic E-state index is 10.5. The monoisotopic (exact) mass is 208 g/mol. The van der Waals surface area contributed by atoms with Crippen molar-refractivity contribution < 1.29 is 19.8 Å². The van der Waals surface area contributed by atoms with Gasteiger partial charge in [-0.25, -0.2) is 4.79 Å². The Morgan fingerprint density at radius 3 is 1.67 bits per heavy atom. The molecule has 80 valence electrons. The van der Waals surface area contributed by atoms with E-state index in [2.05, 4.69) is 26.3 Å². The topological polar surface area (TPSA) is 74.6 Å². The summed E-state index contributed by atoms with van der Waals surface area (Å²) < 4.78 is 0. The number of aliphatic carboxylic acids is 2. The molecule has 15 heavy (non-hydrogen) atoms. The Balaban J connectivity index is 4.67. The number of hydrogen-bond donors (Lipinski definition) is 2. The zero-order chi connectivity index (χ0) is 12.2. The second-order valence-corrected chi connectivity index (χ2v) is 2.91. The summed E-state index contributed by atoms with van der Waals surface area (Å²) in [7, 11) is 0. The molecule has 0 aliphatic heterocycles. The van der Waals surface area contributed by atoms with E-state index in [9.17, 15) is 9.59 Å². The molecule has 0 radical (unpaired) electrons. The van der Waals surface area contributed by atoms with Crippen molar-refractivity contribution in [1.29, 1.82) is 0 Å². The van der Waals surface area contributed by atoms with Gasteiger partial charge < -0.3 is 10.2 Å². The predicted molar refractivity (Wildman–Crippen MR) is 56.4 cm³/mol. The molecule has 0 aromatic heterocycles. The van der Waals surface area contributed by atoms with Gasteiger partial charge in [-0.3, -0.25) is 4.79 Å². The number of hydrogen-bond acceptors (Lipinski definition) is 2. The molecule has 0 atom stereocenters. The van der Waals surface area contributed by atoms with Gasteiger partial charge in [-0.15, -0.1) is 0 Å². The van der Waals surface area contributed by atoms with E-state index in [1.165, 1.54) is 0 Å². The summed E-state index contributed by atoms with van der Waals surface area (Å²) in [6.45, 7) is 13.8. The van der Waals surface area contributed by atoms with E-state index in [0.29, 0.717) is 0 Å². The number of carboxylic acid groups (broad SMARTS) is 2. The highest BCUT2D eigenvalue weighted by molar-refractivity contribution is 5.93. The van der Waals surface area contributed by atoms with Crippen LogP contribution in [0, 0.1) is 0 Å². The Labute approximate surface area is 87.5 Å². The van der Waals surface area contributed by atoms with Crippen molar-refractivity contribution >= 4 is 11.9 Å². The lowest BCUT2D eigenvalue weighted by Crippen LogP contribution is -2.06. The molecule has 2 N–H and O–H groups in total. The molecule has 0 saturated carbocycles. The van der Waals surface area contributed by atoms with Gasteiger partial charge in [0.05, 0.1) is 12.0 Å². The first-order valence-corrected chi connectivity index (χ1v) is 3.98. The minimum atomic E-state index is -1.22. The van der Waals surface area contributed by atoms with E-state index < -0.39 is 11.9 Å². The molecule has 0 heterocycles. The summed E-state index contributed by atoms with van der Waals surface area (Å²) in [5.74, 6) is -2.28. The minimum absolute atomic E-state index is 0.0914. The number of carboxylic acids is 2. The summed E-state index contributed by atoms with van der Waals surface area (Å²) in [5.41, 5.74) is 0.292. The molecule has 0 aromatic carbocycles. The van der Waals surface area contributed by atoms with Gasteiger partial charge in [0, 0.05) is 0 Å². The van der Waals surface area contributed by atoms with Gasteiger partial charge >= 0.3 is 11.9 Å². The van der Waals surface area contributed by atoms with Gasteiger partial charge in [0.1, 0.15) is 0 Å². The molecule has 4 nitrogen and oxygen atoms in total. The quantitative estimate of drug-likeness (QED) is 0.515. The fourth-order valence-corrected chi connectivity index (χ4v) is 0.814. The Bertz CT molecular complexity index is 374. The average Bonchev–Trinajstić information content (AvgIpc) is 2.13. The highest BCUT2D eigenvalue weighted by atomic mass is 16.4. The molecule has 0 unspecified atom stereocenters. The zero-order valence-corrected chi connectivity index (χ0v) is 8.25. The predicted octanol–water partition coefficient (Wildman–Crippen LogP) is 1.77. The van der Waals surface area contributed by atoms with Crippen LogP contribution in [0.2, 0.25) is 0 Å². The zero-order valence-electron chi connectivity index (χ0n) is 8.25. The van der Waals surface area contributed by atoms with E-state index in [-0.39, 0.29) is 28.7 Å². The lowest BCUT2D eigenvalue weighted by molar-refractivity contribution is -0.136. The van der Waals surface area contributed by atoms with Crippen molar-refractivity contribution in [2.45, 2.75) is 6.42 Å². The van der Waals surface area contributed by atoms with Crippen molar-refractivity contribution in [2.24, 2.45) is 0 Å². The molecule has 0 spiro atoms. The average molecular weight is 208 g/mol. The van der Waals surface area contributed by atoms with Gasteiger partial charge in [0.2, 0.25) is 0 Å². The third kappa shape index (κ3) is 3.64. The van der Waals surface area contributed by atoms with Crippen LogP contribution in [-0.2, 0) is 9.59 Å². The van der Waals surface area contributed by atoms with Crippen LogP contribution in [0.1, 0.15) is 6.42 Å². The summed E-state index contributed by atoms with van der Waals surface area (Å²) >= 11 is 0. The molecule has 0 saturated heterocycles. The Kier molecular flexibility index (Phi) is 4.26. The van der Waals surface area contributed by atoms with Crippen LogP contribution in [0.4, 0.5) is 0 Å². The molecule has 0 aromatic rings. The molecule has 0 fully saturated rings. The van der Waals surface area contributed by atoms with Crippen LogP contribution >= 0.6 is 0 Å². The van der Waals surface area contributed by atoms with Crippen LogP contribution in [0.15, 0.2) is 48.6 Å². The van der Waals surface area contributed by atoms with Crippen molar-refractivity contribution in [3.05, 3.63) is 48.6 Å². The Hall–Kier alpha value is -2.10. The van der Waals surface area contributed by atoms with Crippen LogP contribution in [0.5, 0.6) is 0 Å². The molecule has 4 heteroatoms. The van der Waals surface area contributed by atoms with Gasteiger partial charge in [0.25, 0.3) is 0 Å². The number of carbonyl (C=O) groups is 2. The molecule has 0 aliphatic carbocycles. The van der Waals surface area contributed by atoms with Crippen LogP contribution < -0.4 is 0 Å². The van der Waals surface area contributed by atoms with Gasteiger partial charge in [-0.1, -0.05) is 26.3 Å². The van der Waals surface area contributed by atoms with Gasteiger partial charge in [0.15, 0.2) is 0 Å². The van der Waals surface area contributed by atoms with Crippen LogP contribution in [-0.4, -0.2) is 22.2 Å². The smallest absolute Gasteiger partial charge is 0.335 e. The van der Waals surface area contributed by atoms with Crippen LogP contribution in [0.25, 0.3) is 0 Å². The van der Waals surface area contributed by atoms with E-state index in [1.807, 2.05) is 0 Å². The van der Waals surface area contributed by atoms with E-state index >= 15 is 0 Å². The van der Waals surface area contributed by atoms with Crippen molar-refractivity contribution in [3.8, 4) is 0 Å². The first kappa shape index (κ1) is 12.9. The Morgan fingerprint density at radius 2 is 1.33 bits per heavy atom. The molecule has 0 aliphatic rings. The molecule has 0 bridgehead atoms. The van der Waals surface area contributed by atoms with E-state index in [0.717, 1.165) is 0 Å². The molecule has 0 amide bonds. The minimum Gasteiger partial charge on any atom is -0.481 e. The number of allylic oxidation sites excluding steroid dienone is 1. The highest BCUT2D eigenvalue weighted by Crippen LogP contribution is 2.22.